The van der Waals surface area contributed by atoms with Gasteiger partial charge in [0.05, 0.1) is 5.92 Å². The average molecular weight is 379 g/mol. The fraction of sp³-hybridized carbons (Fsp3) is 0.458. The maximum Gasteiger partial charge on any atom is 0.307 e. The molecule has 148 valence electrons. The molecule has 1 fully saturated rings. The molecule has 0 aliphatic carbocycles. The number of nitrogens with zero attached hydrogens (tertiary/aromatic N) is 2. The van der Waals surface area contributed by atoms with Crippen molar-refractivity contribution >= 4 is 17.3 Å². The first-order chi connectivity index (χ1) is 13.6. The average Bonchev–Trinajstić information content (AvgIpc) is 2.89. The van der Waals surface area contributed by atoms with Gasteiger partial charge < -0.3 is 10.0 Å². The summed E-state index contributed by atoms with van der Waals surface area (Å²) in [5.41, 5.74) is 5.47. The van der Waals surface area contributed by atoms with Crippen molar-refractivity contribution in [3.63, 3.8) is 0 Å². The Labute approximate surface area is 167 Å². The summed E-state index contributed by atoms with van der Waals surface area (Å²) in [5, 5.41) is 9.39. The summed E-state index contributed by atoms with van der Waals surface area (Å²) < 4.78 is 0. The van der Waals surface area contributed by atoms with E-state index in [1.165, 1.54) is 22.5 Å². The van der Waals surface area contributed by atoms with Gasteiger partial charge in [0.15, 0.2) is 0 Å². The van der Waals surface area contributed by atoms with Crippen molar-refractivity contribution in [2.24, 2.45) is 5.92 Å². The number of carboxylic acid groups (broad SMARTS) is 1. The number of benzene rings is 2. The number of carboxylic acids is 1. The summed E-state index contributed by atoms with van der Waals surface area (Å²) in [6.07, 6.45) is 4.97. The van der Waals surface area contributed by atoms with Crippen molar-refractivity contribution in [2.45, 2.75) is 45.1 Å². The van der Waals surface area contributed by atoms with Crippen molar-refractivity contribution in [3.05, 3.63) is 59.7 Å². The predicted octanol–water partition coefficient (Wildman–Crippen LogP) is 4.50. The molecule has 0 radical (unpaired) electrons. The predicted molar refractivity (Wildman–Crippen MR) is 113 cm³/mol. The third-order valence-corrected chi connectivity index (χ3v) is 6.42. The van der Waals surface area contributed by atoms with Crippen LogP contribution in [0.1, 0.15) is 37.3 Å². The summed E-state index contributed by atoms with van der Waals surface area (Å²) in [5.74, 6) is -0.858. The second-order valence-electron chi connectivity index (χ2n) is 8.22. The standard InChI is InChI=1S/C24H30N2O2/c1-18(25-15-6-9-21(17-25)24(27)28)14-16-26-22-10-4-2-7-19(22)12-13-20-8-3-5-11-23(20)26/h2-5,7-8,10-11,18,21H,6,9,12-17H2,1H3,(H,27,28)/t18?,21-/m1/s1. The summed E-state index contributed by atoms with van der Waals surface area (Å²) in [6, 6.07) is 17.9. The minimum Gasteiger partial charge on any atom is -0.481 e. The van der Waals surface area contributed by atoms with Crippen LogP contribution < -0.4 is 4.90 Å². The normalized spacial score (nSPS) is 20.8. The van der Waals surface area contributed by atoms with Gasteiger partial charge in [-0.15, -0.1) is 0 Å². The first kappa shape index (κ1) is 19.0. The van der Waals surface area contributed by atoms with E-state index in [1.54, 1.807) is 0 Å². The molecule has 2 heterocycles. The first-order valence-corrected chi connectivity index (χ1v) is 10.5. The molecule has 0 bridgehead atoms. The van der Waals surface area contributed by atoms with Gasteiger partial charge in [0.1, 0.15) is 0 Å². The van der Waals surface area contributed by atoms with Crippen molar-refractivity contribution < 1.29 is 9.90 Å². The minimum atomic E-state index is -0.646. The number of piperidine rings is 1. The number of hydrogen-bond donors (Lipinski definition) is 1. The zero-order valence-corrected chi connectivity index (χ0v) is 16.7. The molecule has 0 amide bonds. The third kappa shape index (κ3) is 3.93. The van der Waals surface area contributed by atoms with E-state index < -0.39 is 5.97 Å². The Bertz CT molecular complexity index is 787. The van der Waals surface area contributed by atoms with E-state index in [1.807, 2.05) is 0 Å². The molecule has 0 aromatic heterocycles. The van der Waals surface area contributed by atoms with E-state index in [0.717, 1.165) is 45.2 Å². The van der Waals surface area contributed by atoms with Crippen LogP contribution in [0.2, 0.25) is 0 Å². The summed E-state index contributed by atoms with van der Waals surface area (Å²) >= 11 is 0. The molecule has 4 rings (SSSR count). The summed E-state index contributed by atoms with van der Waals surface area (Å²) in [7, 11) is 0. The van der Waals surface area contributed by atoms with Gasteiger partial charge in [0, 0.05) is 30.5 Å². The van der Waals surface area contributed by atoms with E-state index >= 15 is 0 Å². The van der Waals surface area contributed by atoms with Gasteiger partial charge in [-0.3, -0.25) is 9.69 Å². The number of fused-ring (bicyclic) bond motifs is 2. The monoisotopic (exact) mass is 378 g/mol. The molecule has 0 saturated carbocycles. The number of carbonyl (C=O) groups is 1. The number of para-hydroxylation sites is 2. The lowest BCUT2D eigenvalue weighted by atomic mass is 9.96. The summed E-state index contributed by atoms with van der Waals surface area (Å²) in [6.45, 7) is 4.89. The lowest BCUT2D eigenvalue weighted by Crippen LogP contribution is -2.44. The van der Waals surface area contributed by atoms with Gasteiger partial charge in [-0.05, 0) is 68.8 Å². The van der Waals surface area contributed by atoms with Gasteiger partial charge in [0.25, 0.3) is 0 Å². The molecule has 1 saturated heterocycles. The molecule has 1 unspecified atom stereocenters. The van der Waals surface area contributed by atoms with Gasteiger partial charge in [0.2, 0.25) is 0 Å². The Balaban J connectivity index is 1.52. The van der Waals surface area contributed by atoms with Crippen LogP contribution in [0.4, 0.5) is 11.4 Å². The van der Waals surface area contributed by atoms with Crippen LogP contribution in [0.15, 0.2) is 48.5 Å². The summed E-state index contributed by atoms with van der Waals surface area (Å²) in [4.78, 5) is 16.3. The maximum absolute atomic E-state index is 11.4. The molecule has 28 heavy (non-hydrogen) atoms. The van der Waals surface area contributed by atoms with Crippen molar-refractivity contribution in [1.29, 1.82) is 0 Å². The number of hydrogen-bond acceptors (Lipinski definition) is 3. The van der Waals surface area contributed by atoms with Crippen LogP contribution in [-0.4, -0.2) is 41.7 Å². The van der Waals surface area contributed by atoms with E-state index in [0.29, 0.717) is 12.6 Å². The van der Waals surface area contributed by atoms with E-state index in [-0.39, 0.29) is 5.92 Å². The molecule has 0 spiro atoms. The largest absolute Gasteiger partial charge is 0.481 e. The van der Waals surface area contributed by atoms with Crippen LogP contribution >= 0.6 is 0 Å². The first-order valence-electron chi connectivity index (χ1n) is 10.5. The molecule has 2 atom stereocenters. The number of rotatable bonds is 5. The number of aliphatic carboxylic acids is 1. The highest BCUT2D eigenvalue weighted by Gasteiger charge is 2.28. The number of anilines is 2. The molecule has 2 aromatic carbocycles. The van der Waals surface area contributed by atoms with Crippen molar-refractivity contribution in [1.82, 2.24) is 4.90 Å². The van der Waals surface area contributed by atoms with Crippen LogP contribution in [0.3, 0.4) is 0 Å². The molecule has 2 aromatic rings. The van der Waals surface area contributed by atoms with Crippen molar-refractivity contribution in [2.75, 3.05) is 24.5 Å². The zero-order valence-electron chi connectivity index (χ0n) is 16.7. The van der Waals surface area contributed by atoms with E-state index in [4.69, 9.17) is 0 Å². The molecule has 1 N–H and O–H groups in total. The second kappa shape index (κ2) is 8.36. The molecular weight excluding hydrogens is 348 g/mol. The molecule has 2 aliphatic heterocycles. The fourth-order valence-electron chi connectivity index (χ4n) is 4.72. The van der Waals surface area contributed by atoms with Gasteiger partial charge >= 0.3 is 5.97 Å². The topological polar surface area (TPSA) is 43.8 Å². The van der Waals surface area contributed by atoms with E-state index in [2.05, 4.69) is 65.3 Å². The smallest absolute Gasteiger partial charge is 0.307 e. The Morgan fingerprint density at radius 3 is 2.29 bits per heavy atom. The van der Waals surface area contributed by atoms with E-state index in [9.17, 15) is 9.90 Å². The Hall–Kier alpha value is -2.33. The van der Waals surface area contributed by atoms with Crippen LogP contribution in [0, 0.1) is 5.92 Å². The van der Waals surface area contributed by atoms with Crippen molar-refractivity contribution in [3.8, 4) is 0 Å². The van der Waals surface area contributed by atoms with Gasteiger partial charge in [-0.2, -0.15) is 0 Å². The van der Waals surface area contributed by atoms with Crippen LogP contribution in [0.5, 0.6) is 0 Å². The quantitative estimate of drug-likeness (QED) is 0.832. The highest BCUT2D eigenvalue weighted by Crippen LogP contribution is 2.36. The molecular formula is C24H30N2O2. The van der Waals surface area contributed by atoms with Crippen LogP contribution in [-0.2, 0) is 17.6 Å². The van der Waals surface area contributed by atoms with Crippen LogP contribution in [0.25, 0.3) is 0 Å². The number of likely N-dealkylation sites (tertiary alicyclic amines) is 1. The Kier molecular flexibility index (Phi) is 5.67. The maximum atomic E-state index is 11.4. The molecule has 4 nitrogen and oxygen atoms in total. The Morgan fingerprint density at radius 1 is 1.07 bits per heavy atom. The second-order valence-corrected chi connectivity index (χ2v) is 8.22. The molecule has 2 aliphatic rings. The van der Waals surface area contributed by atoms with Gasteiger partial charge in [-0.1, -0.05) is 36.4 Å². The third-order valence-electron chi connectivity index (χ3n) is 6.42. The lowest BCUT2D eigenvalue weighted by molar-refractivity contribution is -0.143. The Morgan fingerprint density at radius 2 is 1.68 bits per heavy atom. The lowest BCUT2D eigenvalue weighted by Gasteiger charge is -2.36. The minimum absolute atomic E-state index is 0.212. The number of aryl methyl sites for hydroxylation is 2. The highest BCUT2D eigenvalue weighted by atomic mass is 16.4. The SMILES string of the molecule is CC(CCN1c2ccccc2CCc2ccccc21)N1CCC[C@@H](C(=O)O)C1. The highest BCUT2D eigenvalue weighted by molar-refractivity contribution is 5.71. The zero-order chi connectivity index (χ0) is 19.5. The molecule has 4 heteroatoms. The fourth-order valence-corrected chi connectivity index (χ4v) is 4.72. The van der Waals surface area contributed by atoms with Gasteiger partial charge in [-0.25, -0.2) is 0 Å².